The molecule has 2 rings (SSSR count). The first-order chi connectivity index (χ1) is 10.9. The number of anilines is 2. The zero-order valence-corrected chi connectivity index (χ0v) is 14.1. The van der Waals surface area contributed by atoms with Crippen molar-refractivity contribution in [2.24, 2.45) is 0 Å². The van der Waals surface area contributed by atoms with Crippen molar-refractivity contribution in [1.29, 1.82) is 0 Å². The van der Waals surface area contributed by atoms with Gasteiger partial charge in [0.2, 0.25) is 0 Å². The Kier molecular flexibility index (Phi) is 7.08. The van der Waals surface area contributed by atoms with Gasteiger partial charge >= 0.3 is 0 Å². The summed E-state index contributed by atoms with van der Waals surface area (Å²) >= 11 is 0. The number of unbranched alkanes of at least 4 members (excludes halogenated alkanes) is 4. The van der Waals surface area contributed by atoms with Crippen LogP contribution >= 0.6 is 0 Å². The van der Waals surface area contributed by atoms with Crippen LogP contribution in [0.2, 0.25) is 0 Å². The molecule has 0 saturated heterocycles. The highest BCUT2D eigenvalue weighted by Crippen LogP contribution is 2.30. The average molecular weight is 298 g/mol. The van der Waals surface area contributed by atoms with E-state index < -0.39 is 0 Å². The number of nitrogens with one attached hydrogen (secondary N) is 2. The number of benzene rings is 2. The van der Waals surface area contributed by atoms with Crippen molar-refractivity contribution in [1.82, 2.24) is 0 Å². The Morgan fingerprint density at radius 1 is 0.682 bits per heavy atom. The summed E-state index contributed by atoms with van der Waals surface area (Å²) in [5.74, 6) is 0. The van der Waals surface area contributed by atoms with E-state index >= 15 is 0 Å². The number of hydrogen-bond acceptors (Lipinski definition) is 2. The van der Waals surface area contributed by atoms with Gasteiger partial charge in [0.05, 0.1) is 0 Å². The summed E-state index contributed by atoms with van der Waals surface area (Å²) in [7, 11) is 0. The van der Waals surface area contributed by atoms with E-state index in [1.54, 1.807) is 0 Å². The largest absolute Gasteiger partial charge is 0.384 e. The topological polar surface area (TPSA) is 24.1 Å². The van der Waals surface area contributed by atoms with E-state index in [0.717, 1.165) is 13.1 Å². The maximum atomic E-state index is 3.62. The van der Waals surface area contributed by atoms with Gasteiger partial charge in [-0.3, -0.25) is 0 Å². The van der Waals surface area contributed by atoms with Gasteiger partial charge in [-0.2, -0.15) is 0 Å². The molecule has 0 aliphatic heterocycles. The number of hydrogen-bond donors (Lipinski definition) is 2. The highest BCUT2D eigenvalue weighted by molar-refractivity contribution is 6.03. The monoisotopic (exact) mass is 298 g/mol. The molecule has 0 aliphatic rings. The van der Waals surface area contributed by atoms with Crippen LogP contribution in [0, 0.1) is 0 Å². The van der Waals surface area contributed by atoms with Crippen LogP contribution in [0.3, 0.4) is 0 Å². The van der Waals surface area contributed by atoms with Crippen LogP contribution in [0.5, 0.6) is 0 Å². The average Bonchev–Trinajstić information content (AvgIpc) is 2.55. The first-order valence-electron chi connectivity index (χ1n) is 8.86. The first kappa shape index (κ1) is 16.7. The SMILES string of the molecule is CCCCCNc1cccc2cccc(NCCCCC)c12. The molecule has 0 aromatic heterocycles. The van der Waals surface area contributed by atoms with Crippen LogP contribution < -0.4 is 10.6 Å². The second kappa shape index (κ2) is 9.34. The highest BCUT2D eigenvalue weighted by Gasteiger charge is 2.05. The highest BCUT2D eigenvalue weighted by atomic mass is 14.9. The van der Waals surface area contributed by atoms with E-state index in [1.807, 2.05) is 0 Å². The fourth-order valence-electron chi connectivity index (χ4n) is 2.83. The van der Waals surface area contributed by atoms with Gasteiger partial charge in [0.1, 0.15) is 0 Å². The smallest absolute Gasteiger partial charge is 0.0440 e. The predicted molar refractivity (Wildman–Crippen MR) is 100.0 cm³/mol. The molecular formula is C20H30N2. The van der Waals surface area contributed by atoms with Crippen molar-refractivity contribution in [3.63, 3.8) is 0 Å². The third-order valence-corrected chi connectivity index (χ3v) is 4.10. The zero-order chi connectivity index (χ0) is 15.6. The molecule has 0 bridgehead atoms. The molecule has 0 fully saturated rings. The van der Waals surface area contributed by atoms with E-state index in [0.29, 0.717) is 0 Å². The normalized spacial score (nSPS) is 10.8. The van der Waals surface area contributed by atoms with Crippen molar-refractivity contribution in [2.75, 3.05) is 23.7 Å². The molecule has 2 nitrogen and oxygen atoms in total. The minimum absolute atomic E-state index is 1.05. The third-order valence-electron chi connectivity index (χ3n) is 4.10. The van der Waals surface area contributed by atoms with E-state index in [1.165, 1.54) is 60.7 Å². The molecule has 0 radical (unpaired) electrons. The van der Waals surface area contributed by atoms with Gasteiger partial charge in [-0.1, -0.05) is 63.8 Å². The first-order valence-corrected chi connectivity index (χ1v) is 8.86. The Balaban J connectivity index is 2.13. The number of rotatable bonds is 10. The lowest BCUT2D eigenvalue weighted by molar-refractivity contribution is 0.743. The van der Waals surface area contributed by atoms with Gasteiger partial charge in [0, 0.05) is 29.9 Å². The van der Waals surface area contributed by atoms with E-state index in [9.17, 15) is 0 Å². The van der Waals surface area contributed by atoms with Gasteiger partial charge in [-0.05, 0) is 30.4 Å². The second-order valence-electron chi connectivity index (χ2n) is 5.98. The van der Waals surface area contributed by atoms with Gasteiger partial charge < -0.3 is 10.6 Å². The van der Waals surface area contributed by atoms with Gasteiger partial charge in [0.25, 0.3) is 0 Å². The molecule has 120 valence electrons. The van der Waals surface area contributed by atoms with E-state index in [4.69, 9.17) is 0 Å². The van der Waals surface area contributed by atoms with E-state index in [-0.39, 0.29) is 0 Å². The van der Waals surface area contributed by atoms with Crippen LogP contribution in [-0.2, 0) is 0 Å². The molecule has 0 heterocycles. The zero-order valence-electron chi connectivity index (χ0n) is 14.1. The molecular weight excluding hydrogens is 268 g/mol. The van der Waals surface area contributed by atoms with Crippen molar-refractivity contribution in [2.45, 2.75) is 52.4 Å². The summed E-state index contributed by atoms with van der Waals surface area (Å²) in [5.41, 5.74) is 2.51. The molecule has 0 unspecified atom stereocenters. The van der Waals surface area contributed by atoms with Crippen molar-refractivity contribution in [3.8, 4) is 0 Å². The maximum Gasteiger partial charge on any atom is 0.0440 e. The fourth-order valence-corrected chi connectivity index (χ4v) is 2.83. The van der Waals surface area contributed by atoms with Gasteiger partial charge in [0.15, 0.2) is 0 Å². The van der Waals surface area contributed by atoms with Crippen LogP contribution in [0.25, 0.3) is 10.8 Å². The van der Waals surface area contributed by atoms with Crippen LogP contribution in [0.4, 0.5) is 11.4 Å². The summed E-state index contributed by atoms with van der Waals surface area (Å²) in [6, 6.07) is 13.1. The van der Waals surface area contributed by atoms with Crippen LogP contribution in [-0.4, -0.2) is 13.1 Å². The van der Waals surface area contributed by atoms with Gasteiger partial charge in [-0.25, -0.2) is 0 Å². The Morgan fingerprint density at radius 2 is 1.18 bits per heavy atom. The molecule has 2 heteroatoms. The Hall–Kier alpha value is -1.70. The lowest BCUT2D eigenvalue weighted by Gasteiger charge is -2.15. The Labute approximate surface area is 135 Å². The fraction of sp³-hybridized carbons (Fsp3) is 0.500. The standard InChI is InChI=1S/C20H30N2/c1-3-5-7-15-21-18-13-9-11-17-12-10-14-19(20(17)18)22-16-8-6-4-2/h9-14,21-22H,3-8,15-16H2,1-2H3. The number of fused-ring (bicyclic) bond motifs is 1. The summed E-state index contributed by atoms with van der Waals surface area (Å²) < 4.78 is 0. The van der Waals surface area contributed by atoms with Gasteiger partial charge in [-0.15, -0.1) is 0 Å². The molecule has 0 amide bonds. The molecule has 0 saturated carbocycles. The molecule has 2 N–H and O–H groups in total. The Morgan fingerprint density at radius 3 is 1.64 bits per heavy atom. The molecule has 2 aromatic carbocycles. The molecule has 22 heavy (non-hydrogen) atoms. The third kappa shape index (κ3) is 4.66. The molecule has 0 aliphatic carbocycles. The Bertz CT molecular complexity index is 516. The summed E-state index contributed by atoms with van der Waals surface area (Å²) in [5, 5.41) is 9.89. The summed E-state index contributed by atoms with van der Waals surface area (Å²) in [6.07, 6.45) is 7.58. The summed E-state index contributed by atoms with van der Waals surface area (Å²) in [6.45, 7) is 6.60. The summed E-state index contributed by atoms with van der Waals surface area (Å²) in [4.78, 5) is 0. The minimum atomic E-state index is 1.05. The van der Waals surface area contributed by atoms with E-state index in [2.05, 4.69) is 60.9 Å². The maximum absolute atomic E-state index is 3.62. The van der Waals surface area contributed by atoms with Crippen LogP contribution in [0.15, 0.2) is 36.4 Å². The van der Waals surface area contributed by atoms with Crippen molar-refractivity contribution in [3.05, 3.63) is 36.4 Å². The van der Waals surface area contributed by atoms with Crippen LogP contribution in [0.1, 0.15) is 52.4 Å². The quantitative estimate of drug-likeness (QED) is 0.522. The minimum Gasteiger partial charge on any atom is -0.384 e. The lowest BCUT2D eigenvalue weighted by Crippen LogP contribution is -2.05. The van der Waals surface area contributed by atoms with Crippen molar-refractivity contribution < 1.29 is 0 Å². The predicted octanol–water partition coefficient (Wildman–Crippen LogP) is 6.04. The second-order valence-corrected chi connectivity index (χ2v) is 5.98. The van der Waals surface area contributed by atoms with Crippen molar-refractivity contribution >= 4 is 22.1 Å². The molecule has 0 atom stereocenters. The molecule has 2 aromatic rings. The molecule has 0 spiro atoms. The lowest BCUT2D eigenvalue weighted by atomic mass is 10.1.